The molecular weight excluding hydrogens is 292 g/mol. The first-order valence-electron chi connectivity index (χ1n) is 5.71. The fraction of sp³-hybridized carbons (Fsp3) is 0.214. The van der Waals surface area contributed by atoms with E-state index in [9.17, 15) is 0 Å². The summed E-state index contributed by atoms with van der Waals surface area (Å²) in [5, 5.41) is 9.08. The van der Waals surface area contributed by atoms with E-state index < -0.39 is 0 Å². The Balaban J connectivity index is 2.13. The molecule has 0 atom stereocenters. The second kappa shape index (κ2) is 5.98. The summed E-state index contributed by atoms with van der Waals surface area (Å²) < 4.78 is 1.07. The average Bonchev–Trinajstić information content (AvgIpc) is 2.39. The van der Waals surface area contributed by atoms with Crippen molar-refractivity contribution in [2.75, 3.05) is 11.9 Å². The van der Waals surface area contributed by atoms with Gasteiger partial charge < -0.3 is 10.0 Å². The van der Waals surface area contributed by atoms with E-state index in [1.165, 1.54) is 5.56 Å². The second-order valence-corrected chi connectivity index (χ2v) is 5.05. The number of nitrogens with zero attached hydrogens (tertiary/aromatic N) is 2. The van der Waals surface area contributed by atoms with Crippen molar-refractivity contribution in [1.82, 2.24) is 4.98 Å². The van der Waals surface area contributed by atoms with Crippen LogP contribution in [0.1, 0.15) is 11.3 Å². The van der Waals surface area contributed by atoms with E-state index in [1.807, 2.05) is 37.4 Å². The van der Waals surface area contributed by atoms with Crippen molar-refractivity contribution in [3.05, 3.63) is 58.2 Å². The molecule has 0 aliphatic rings. The van der Waals surface area contributed by atoms with Gasteiger partial charge in [0.15, 0.2) is 0 Å². The molecule has 1 heterocycles. The lowest BCUT2D eigenvalue weighted by Crippen LogP contribution is -2.18. The Labute approximate surface area is 115 Å². The van der Waals surface area contributed by atoms with Gasteiger partial charge in [-0.15, -0.1) is 0 Å². The van der Waals surface area contributed by atoms with E-state index in [-0.39, 0.29) is 6.61 Å². The van der Waals surface area contributed by atoms with Gasteiger partial charge in [0.2, 0.25) is 0 Å². The van der Waals surface area contributed by atoms with Crippen molar-refractivity contribution in [1.29, 1.82) is 0 Å². The van der Waals surface area contributed by atoms with Crippen LogP contribution in [-0.4, -0.2) is 17.1 Å². The molecule has 0 radical (unpaired) electrons. The van der Waals surface area contributed by atoms with Gasteiger partial charge in [0.05, 0.1) is 12.3 Å². The molecule has 94 valence electrons. The van der Waals surface area contributed by atoms with Gasteiger partial charge >= 0.3 is 0 Å². The summed E-state index contributed by atoms with van der Waals surface area (Å²) in [4.78, 5) is 6.43. The maximum Gasteiger partial charge on any atom is 0.128 e. The molecule has 0 fully saturated rings. The van der Waals surface area contributed by atoms with Crippen LogP contribution < -0.4 is 4.90 Å². The smallest absolute Gasteiger partial charge is 0.128 e. The number of aliphatic hydroxyl groups excluding tert-OH is 1. The van der Waals surface area contributed by atoms with Gasteiger partial charge in [0.1, 0.15) is 5.82 Å². The lowest BCUT2D eigenvalue weighted by molar-refractivity contribution is 0.277. The van der Waals surface area contributed by atoms with E-state index in [4.69, 9.17) is 5.11 Å². The number of halogens is 1. The number of aliphatic hydroxyl groups is 1. The van der Waals surface area contributed by atoms with Crippen molar-refractivity contribution < 1.29 is 5.11 Å². The summed E-state index contributed by atoms with van der Waals surface area (Å²) in [5.41, 5.74) is 1.90. The van der Waals surface area contributed by atoms with Crippen molar-refractivity contribution in [2.24, 2.45) is 0 Å². The molecule has 1 aromatic heterocycles. The van der Waals surface area contributed by atoms with E-state index in [0.717, 1.165) is 16.8 Å². The second-order valence-electron chi connectivity index (χ2n) is 4.13. The number of rotatable bonds is 4. The molecule has 4 heteroatoms. The Hall–Kier alpha value is -1.39. The minimum Gasteiger partial charge on any atom is -0.390 e. The number of anilines is 1. The van der Waals surface area contributed by atoms with Gasteiger partial charge in [-0.05, 0) is 29.8 Å². The number of benzene rings is 1. The third-order valence-corrected chi connectivity index (χ3v) is 3.15. The predicted molar refractivity (Wildman–Crippen MR) is 76.4 cm³/mol. The van der Waals surface area contributed by atoms with Gasteiger partial charge in [0.25, 0.3) is 0 Å². The Bertz CT molecular complexity index is 531. The number of pyridine rings is 1. The summed E-state index contributed by atoms with van der Waals surface area (Å²) in [7, 11) is 1.99. The largest absolute Gasteiger partial charge is 0.390 e. The first-order valence-corrected chi connectivity index (χ1v) is 6.50. The molecule has 18 heavy (non-hydrogen) atoms. The van der Waals surface area contributed by atoms with Crippen LogP contribution in [0.15, 0.2) is 46.9 Å². The summed E-state index contributed by atoms with van der Waals surface area (Å²) in [6.45, 7) is 0.750. The van der Waals surface area contributed by atoms with Gasteiger partial charge in [-0.25, -0.2) is 4.98 Å². The highest BCUT2D eigenvalue weighted by molar-refractivity contribution is 9.10. The zero-order valence-electron chi connectivity index (χ0n) is 10.2. The standard InChI is InChI=1S/C14H15BrN2O/c1-17(9-11-4-2-5-12(15)8-11)14-7-3-6-13(10-18)16-14/h2-8,18H,9-10H2,1H3. The molecule has 0 aliphatic heterocycles. The molecule has 3 nitrogen and oxygen atoms in total. The Morgan fingerprint density at radius 3 is 2.72 bits per heavy atom. The number of hydrogen-bond donors (Lipinski definition) is 1. The number of aromatic nitrogens is 1. The van der Waals surface area contributed by atoms with Gasteiger partial charge in [-0.2, -0.15) is 0 Å². The molecule has 0 spiro atoms. The van der Waals surface area contributed by atoms with Crippen LogP contribution >= 0.6 is 15.9 Å². The third kappa shape index (κ3) is 3.31. The zero-order chi connectivity index (χ0) is 13.0. The summed E-state index contributed by atoms with van der Waals surface area (Å²) in [5.74, 6) is 0.863. The highest BCUT2D eigenvalue weighted by Gasteiger charge is 2.04. The summed E-state index contributed by atoms with van der Waals surface area (Å²) in [6, 6.07) is 13.9. The fourth-order valence-corrected chi connectivity index (χ4v) is 2.20. The minimum atomic E-state index is -0.0292. The summed E-state index contributed by atoms with van der Waals surface area (Å²) in [6.07, 6.45) is 0. The van der Waals surface area contributed by atoms with Crippen LogP contribution in [0.25, 0.3) is 0 Å². The topological polar surface area (TPSA) is 36.4 Å². The van der Waals surface area contributed by atoms with Crippen molar-refractivity contribution >= 4 is 21.7 Å². The lowest BCUT2D eigenvalue weighted by Gasteiger charge is -2.18. The normalized spacial score (nSPS) is 10.4. The first kappa shape index (κ1) is 13.1. The predicted octanol–water partition coefficient (Wildman–Crippen LogP) is 2.97. The molecule has 0 aliphatic carbocycles. The quantitative estimate of drug-likeness (QED) is 0.943. The molecule has 0 bridgehead atoms. The zero-order valence-corrected chi connectivity index (χ0v) is 11.8. The molecule has 0 unspecified atom stereocenters. The van der Waals surface area contributed by atoms with E-state index in [1.54, 1.807) is 0 Å². The van der Waals surface area contributed by atoms with Crippen LogP contribution in [0.5, 0.6) is 0 Å². The monoisotopic (exact) mass is 306 g/mol. The highest BCUT2D eigenvalue weighted by Crippen LogP contribution is 2.16. The molecule has 0 saturated heterocycles. The van der Waals surface area contributed by atoms with Crippen LogP contribution in [0.4, 0.5) is 5.82 Å². The van der Waals surface area contributed by atoms with Crippen molar-refractivity contribution in [3.8, 4) is 0 Å². The number of hydrogen-bond acceptors (Lipinski definition) is 3. The molecule has 2 aromatic rings. The average molecular weight is 307 g/mol. The van der Waals surface area contributed by atoms with Crippen LogP contribution in [0.3, 0.4) is 0 Å². The van der Waals surface area contributed by atoms with E-state index in [2.05, 4.69) is 37.9 Å². The summed E-state index contributed by atoms with van der Waals surface area (Å²) >= 11 is 3.46. The van der Waals surface area contributed by atoms with E-state index >= 15 is 0 Å². The fourth-order valence-electron chi connectivity index (χ4n) is 1.76. The Kier molecular flexibility index (Phi) is 4.33. The van der Waals surface area contributed by atoms with Crippen molar-refractivity contribution in [3.63, 3.8) is 0 Å². The van der Waals surface area contributed by atoms with Gasteiger partial charge in [-0.3, -0.25) is 0 Å². The minimum absolute atomic E-state index is 0.0292. The molecule has 0 saturated carbocycles. The lowest BCUT2D eigenvalue weighted by atomic mass is 10.2. The van der Waals surface area contributed by atoms with Crippen LogP contribution in [0.2, 0.25) is 0 Å². The first-order chi connectivity index (χ1) is 8.69. The molecule has 1 aromatic carbocycles. The van der Waals surface area contributed by atoms with Gasteiger partial charge in [0, 0.05) is 18.1 Å². The molecule has 1 N–H and O–H groups in total. The molecule has 0 amide bonds. The highest BCUT2D eigenvalue weighted by atomic mass is 79.9. The van der Waals surface area contributed by atoms with Gasteiger partial charge in [-0.1, -0.05) is 34.1 Å². The Morgan fingerprint density at radius 2 is 2.00 bits per heavy atom. The third-order valence-electron chi connectivity index (χ3n) is 2.65. The van der Waals surface area contributed by atoms with Crippen molar-refractivity contribution in [2.45, 2.75) is 13.2 Å². The SMILES string of the molecule is CN(Cc1cccc(Br)c1)c1cccc(CO)n1. The molecule has 2 rings (SSSR count). The Morgan fingerprint density at radius 1 is 1.22 bits per heavy atom. The maximum atomic E-state index is 9.08. The van der Waals surface area contributed by atoms with Crippen LogP contribution in [-0.2, 0) is 13.2 Å². The van der Waals surface area contributed by atoms with Crippen LogP contribution in [0, 0.1) is 0 Å². The van der Waals surface area contributed by atoms with E-state index in [0.29, 0.717) is 5.69 Å². The molecular formula is C14H15BrN2O. The maximum absolute atomic E-state index is 9.08.